The van der Waals surface area contributed by atoms with Crippen LogP contribution in [0.25, 0.3) is 10.9 Å². The highest BCUT2D eigenvalue weighted by molar-refractivity contribution is 5.94. The second-order valence-electron chi connectivity index (χ2n) is 8.64. The maximum absolute atomic E-state index is 13.1. The number of benzene rings is 2. The highest BCUT2D eigenvalue weighted by atomic mass is 19.1. The van der Waals surface area contributed by atoms with Crippen molar-refractivity contribution < 1.29 is 9.18 Å². The largest absolute Gasteiger partial charge is 0.352 e. The van der Waals surface area contributed by atoms with Crippen LogP contribution in [0.4, 0.5) is 4.39 Å². The van der Waals surface area contributed by atoms with Crippen molar-refractivity contribution in [3.05, 3.63) is 71.2 Å². The van der Waals surface area contributed by atoms with Crippen molar-refractivity contribution in [2.75, 3.05) is 20.1 Å². The van der Waals surface area contributed by atoms with E-state index in [1.54, 1.807) is 0 Å². The summed E-state index contributed by atoms with van der Waals surface area (Å²) in [4.78, 5) is 14.9. The quantitative estimate of drug-likeness (QED) is 0.739. The van der Waals surface area contributed by atoms with Crippen LogP contribution in [0.5, 0.6) is 0 Å². The minimum atomic E-state index is -0.326. The maximum atomic E-state index is 13.1. The zero-order valence-electron chi connectivity index (χ0n) is 16.9. The fourth-order valence-corrected chi connectivity index (χ4v) is 5.42. The molecule has 1 amide bonds. The molecule has 1 aliphatic carbocycles. The van der Waals surface area contributed by atoms with Gasteiger partial charge in [-0.3, -0.25) is 4.79 Å². The smallest absolute Gasteiger partial charge is 0.251 e. The van der Waals surface area contributed by atoms with Crippen molar-refractivity contribution >= 4 is 16.8 Å². The van der Waals surface area contributed by atoms with E-state index >= 15 is 0 Å². The molecule has 1 fully saturated rings. The molecular weight excluding hydrogens is 365 g/mol. The molecule has 2 heterocycles. The summed E-state index contributed by atoms with van der Waals surface area (Å²) in [5.41, 5.74) is 4.72. The number of rotatable bonds is 3. The normalized spacial score (nSPS) is 23.8. The Bertz CT molecular complexity index is 1070. The van der Waals surface area contributed by atoms with Crippen LogP contribution in [0, 0.1) is 11.7 Å². The van der Waals surface area contributed by atoms with E-state index < -0.39 is 0 Å². The van der Waals surface area contributed by atoms with E-state index in [2.05, 4.69) is 53.3 Å². The van der Waals surface area contributed by atoms with Crippen LogP contribution in [0.3, 0.4) is 0 Å². The van der Waals surface area contributed by atoms with Gasteiger partial charge >= 0.3 is 0 Å². The number of halogens is 1. The van der Waals surface area contributed by atoms with E-state index in [1.807, 2.05) is 0 Å². The van der Waals surface area contributed by atoms with Gasteiger partial charge < -0.3 is 14.8 Å². The summed E-state index contributed by atoms with van der Waals surface area (Å²) in [5.74, 6) is 0.422. The standard InChI is InChI=1S/C24H26FN3O/c1-27-13-15(12-26-24(29)16-6-8-18(25)9-7-16)10-20-19-4-3-5-21-23(19)17(11-22(20)27)14-28(21)2/h3-9,14-15,20,22H,10-13H2,1-2H3,(H,26,29)/t15-,20+,22+/m0/s1. The molecule has 1 aromatic heterocycles. The molecule has 1 N–H and O–H groups in total. The van der Waals surface area contributed by atoms with Crippen LogP contribution in [-0.4, -0.2) is 41.6 Å². The van der Waals surface area contributed by atoms with Crippen molar-refractivity contribution in [1.82, 2.24) is 14.8 Å². The van der Waals surface area contributed by atoms with Gasteiger partial charge in [0.2, 0.25) is 0 Å². The monoisotopic (exact) mass is 391 g/mol. The Hall–Kier alpha value is -2.66. The topological polar surface area (TPSA) is 37.3 Å². The van der Waals surface area contributed by atoms with Crippen LogP contribution in [0.2, 0.25) is 0 Å². The molecule has 3 atom stereocenters. The van der Waals surface area contributed by atoms with Gasteiger partial charge in [0.15, 0.2) is 0 Å². The summed E-state index contributed by atoms with van der Waals surface area (Å²) in [6.07, 6.45) is 4.45. The van der Waals surface area contributed by atoms with Crippen molar-refractivity contribution in [1.29, 1.82) is 0 Å². The summed E-state index contributed by atoms with van der Waals surface area (Å²) >= 11 is 0. The average Bonchev–Trinajstić information content (AvgIpc) is 3.04. The number of likely N-dealkylation sites (tertiary alicyclic amines) is 1. The number of nitrogens with one attached hydrogen (secondary N) is 1. The average molecular weight is 391 g/mol. The fourth-order valence-electron chi connectivity index (χ4n) is 5.42. The Morgan fingerprint density at radius 2 is 1.97 bits per heavy atom. The van der Waals surface area contributed by atoms with Gasteiger partial charge in [-0.1, -0.05) is 12.1 Å². The molecule has 5 heteroatoms. The number of aromatic nitrogens is 1. The van der Waals surface area contributed by atoms with E-state index in [0.717, 1.165) is 19.4 Å². The van der Waals surface area contributed by atoms with Gasteiger partial charge in [-0.25, -0.2) is 4.39 Å². The minimum absolute atomic E-state index is 0.133. The second-order valence-corrected chi connectivity index (χ2v) is 8.64. The molecule has 3 aromatic rings. The third-order valence-electron chi connectivity index (χ3n) is 6.78. The van der Waals surface area contributed by atoms with Crippen LogP contribution < -0.4 is 5.32 Å². The molecule has 150 valence electrons. The predicted molar refractivity (Wildman–Crippen MR) is 113 cm³/mol. The maximum Gasteiger partial charge on any atom is 0.251 e. The molecule has 2 aliphatic rings. The first kappa shape index (κ1) is 18.4. The molecule has 0 spiro atoms. The number of fused-ring (bicyclic) bond motifs is 2. The molecule has 5 rings (SSSR count). The second kappa shape index (κ2) is 6.99. The SMILES string of the molecule is CN1C[C@H](CNC(=O)c2ccc(F)cc2)C[C@@H]2c3cccc4c3c(cn4C)C[C@H]21. The Labute approximate surface area is 170 Å². The molecule has 0 saturated carbocycles. The van der Waals surface area contributed by atoms with Gasteiger partial charge in [-0.15, -0.1) is 0 Å². The number of piperidine rings is 1. The van der Waals surface area contributed by atoms with E-state index in [-0.39, 0.29) is 11.7 Å². The lowest BCUT2D eigenvalue weighted by molar-refractivity contribution is 0.0891. The molecule has 0 unspecified atom stereocenters. The number of amides is 1. The van der Waals surface area contributed by atoms with Crippen molar-refractivity contribution in [3.8, 4) is 0 Å². The Balaban J connectivity index is 1.35. The lowest BCUT2D eigenvalue weighted by Gasteiger charge is -2.45. The molecular formula is C24H26FN3O. The molecule has 2 aromatic carbocycles. The third-order valence-corrected chi connectivity index (χ3v) is 6.78. The highest BCUT2D eigenvalue weighted by Gasteiger charge is 2.39. The molecule has 29 heavy (non-hydrogen) atoms. The first-order valence-electron chi connectivity index (χ1n) is 10.3. The fraction of sp³-hybridized carbons (Fsp3) is 0.375. The van der Waals surface area contributed by atoms with Crippen molar-refractivity contribution in [2.24, 2.45) is 13.0 Å². The van der Waals surface area contributed by atoms with E-state index in [0.29, 0.717) is 30.0 Å². The third kappa shape index (κ3) is 3.14. The summed E-state index contributed by atoms with van der Waals surface area (Å²) in [6, 6.07) is 12.9. The number of carbonyl (C=O) groups is 1. The number of hydrogen-bond acceptors (Lipinski definition) is 2. The van der Waals surface area contributed by atoms with Gasteiger partial charge in [0, 0.05) is 54.8 Å². The summed E-state index contributed by atoms with van der Waals surface area (Å²) in [5, 5.41) is 4.49. The first-order chi connectivity index (χ1) is 14.0. The lowest BCUT2D eigenvalue weighted by atomic mass is 9.72. The van der Waals surface area contributed by atoms with Gasteiger partial charge in [0.25, 0.3) is 5.91 Å². The first-order valence-corrected chi connectivity index (χ1v) is 10.3. The predicted octanol–water partition coefficient (Wildman–Crippen LogP) is 3.71. The number of nitrogens with zero attached hydrogens (tertiary/aromatic N) is 2. The molecule has 1 saturated heterocycles. The van der Waals surface area contributed by atoms with Crippen molar-refractivity contribution in [2.45, 2.75) is 24.8 Å². The van der Waals surface area contributed by atoms with Crippen LogP contribution in [0.15, 0.2) is 48.7 Å². The zero-order valence-corrected chi connectivity index (χ0v) is 16.9. The van der Waals surface area contributed by atoms with Crippen molar-refractivity contribution in [3.63, 3.8) is 0 Å². The molecule has 0 radical (unpaired) electrons. The number of carbonyl (C=O) groups excluding carboxylic acids is 1. The molecule has 1 aliphatic heterocycles. The van der Waals surface area contributed by atoms with Gasteiger partial charge in [-0.2, -0.15) is 0 Å². The van der Waals surface area contributed by atoms with E-state index in [4.69, 9.17) is 0 Å². The van der Waals surface area contributed by atoms with E-state index in [1.165, 1.54) is 46.3 Å². The number of aryl methyl sites for hydroxylation is 1. The molecule has 4 nitrogen and oxygen atoms in total. The Morgan fingerprint density at radius 3 is 2.76 bits per heavy atom. The Kier molecular flexibility index (Phi) is 4.43. The number of likely N-dealkylation sites (N-methyl/N-ethyl adjacent to an activating group) is 1. The summed E-state index contributed by atoms with van der Waals surface area (Å²) in [7, 11) is 4.34. The highest BCUT2D eigenvalue weighted by Crippen LogP contribution is 2.44. The summed E-state index contributed by atoms with van der Waals surface area (Å²) < 4.78 is 15.3. The summed E-state index contributed by atoms with van der Waals surface area (Å²) in [6.45, 7) is 1.62. The van der Waals surface area contributed by atoms with Crippen LogP contribution in [0.1, 0.15) is 33.8 Å². The van der Waals surface area contributed by atoms with Crippen LogP contribution in [-0.2, 0) is 13.5 Å². The number of hydrogen-bond donors (Lipinski definition) is 1. The lowest BCUT2D eigenvalue weighted by Crippen LogP contribution is -2.50. The van der Waals surface area contributed by atoms with Crippen LogP contribution >= 0.6 is 0 Å². The van der Waals surface area contributed by atoms with Gasteiger partial charge in [-0.05, 0) is 67.3 Å². The van der Waals surface area contributed by atoms with E-state index in [9.17, 15) is 9.18 Å². The minimum Gasteiger partial charge on any atom is -0.352 e. The van der Waals surface area contributed by atoms with Gasteiger partial charge in [0.05, 0.1) is 0 Å². The van der Waals surface area contributed by atoms with Gasteiger partial charge in [0.1, 0.15) is 5.82 Å². The Morgan fingerprint density at radius 1 is 1.17 bits per heavy atom. The zero-order chi connectivity index (χ0) is 20.1. The molecule has 0 bridgehead atoms.